The quantitative estimate of drug-likeness (QED) is 0.230. The summed E-state index contributed by atoms with van der Waals surface area (Å²) < 4.78 is 31.6. The third-order valence-corrected chi connectivity index (χ3v) is 0. The first kappa shape index (κ1) is 20.7. The zero-order valence-electron chi connectivity index (χ0n) is 6.12. The Morgan fingerprint density at radius 1 is 0.929 bits per heavy atom. The van der Waals surface area contributed by atoms with Crippen LogP contribution in [0.15, 0.2) is 0 Å². The zero-order chi connectivity index (χ0) is 12.6. The van der Waals surface area contributed by atoms with Gasteiger partial charge in [-0.1, -0.05) is 0 Å². The highest BCUT2D eigenvalue weighted by Crippen LogP contribution is 1.97. The molecule has 0 aliphatic carbocycles. The van der Waals surface area contributed by atoms with E-state index in [1.165, 1.54) is 0 Å². The van der Waals surface area contributed by atoms with E-state index in [9.17, 15) is 0 Å². The van der Waals surface area contributed by atoms with Crippen LogP contribution in [-0.2, 0) is 10.4 Å². The first-order valence-corrected chi connectivity index (χ1v) is 10.7. The van der Waals surface area contributed by atoms with Crippen molar-refractivity contribution in [2.24, 2.45) is 0 Å². The van der Waals surface area contributed by atoms with Crippen LogP contribution in [0, 0.1) is 0 Å². The third-order valence-electron chi connectivity index (χ3n) is 0. The fourth-order valence-corrected chi connectivity index (χ4v) is 0. The Morgan fingerprint density at radius 2 is 0.929 bits per heavy atom. The van der Waals surface area contributed by atoms with E-state index in [0.717, 1.165) is 0 Å². The number of halogens is 3. The Labute approximate surface area is 97.3 Å². The molecule has 14 heavy (non-hydrogen) atoms. The largest absolute Gasteiger partial charge is 0.668 e. The maximum atomic E-state index is 8.74. The van der Waals surface area contributed by atoms with E-state index in [1.54, 1.807) is 0 Å². The molecule has 0 aromatic rings. The highest BCUT2D eigenvalue weighted by atomic mass is 35.8. The monoisotopic (exact) mass is 326 g/mol. The predicted molar refractivity (Wildman–Crippen MR) is 52.1 cm³/mol. The molecule has 14 heteroatoms. The van der Waals surface area contributed by atoms with Crippen LogP contribution < -0.4 is 0 Å². The molecule has 6 N–H and O–H groups in total. The van der Waals surface area contributed by atoms with Gasteiger partial charge in [0.15, 0.2) is 0 Å². The summed E-state index contributed by atoms with van der Waals surface area (Å²) in [4.78, 5) is 29.3. The van der Waals surface area contributed by atoms with Crippen molar-refractivity contribution in [3.8, 4) is 0 Å². The van der Waals surface area contributed by atoms with Crippen LogP contribution in [-0.4, -0.2) is 57.1 Å². The average molecular weight is 328 g/mol. The second-order valence-electron chi connectivity index (χ2n) is 1.30. The summed E-state index contributed by atoms with van der Waals surface area (Å²) in [6, 6.07) is 0. The summed E-state index contributed by atoms with van der Waals surface area (Å²) in [5.41, 5.74) is 0. The smallest absolute Gasteiger partial charge is 0.368 e. The summed E-state index contributed by atoms with van der Waals surface area (Å²) in [6.07, 6.45) is 0. The molecule has 0 spiro atoms. The van der Waals surface area contributed by atoms with Gasteiger partial charge in [0.2, 0.25) is 0 Å². The van der Waals surface area contributed by atoms with Crippen LogP contribution in [0.25, 0.3) is 0 Å². The van der Waals surface area contributed by atoms with E-state index >= 15 is 0 Å². The molecule has 8 nitrogen and oxygen atoms in total. The zero-order valence-corrected chi connectivity index (χ0v) is 11.4. The molecule has 0 unspecified atom stereocenters. The molecule has 0 amide bonds. The van der Waals surface area contributed by atoms with E-state index in [4.69, 9.17) is 66.9 Å². The standard InChI is InChI=1S/Al.3ClH.H2O4S.H4O4Si/c;;;;2*1-5(2,3)4/h;3*1H;(H2,1,2,3,4);1-4H/q+3;;;;;/p-3. The Kier molecular flexibility index (Phi) is 14.1. The van der Waals surface area contributed by atoms with Crippen LogP contribution in [0.3, 0.4) is 0 Å². The Morgan fingerprint density at radius 3 is 0.929 bits per heavy atom. The second-order valence-corrected chi connectivity index (χ2v) is 9.82. The molecule has 88 valence electrons. The molecule has 0 aliphatic heterocycles. The van der Waals surface area contributed by atoms with Gasteiger partial charge in [-0.15, -0.1) is 0 Å². The van der Waals surface area contributed by atoms with E-state index in [1.807, 2.05) is 0 Å². The first-order valence-electron chi connectivity index (χ1n) is 2.25. The molecule has 0 fully saturated rings. The van der Waals surface area contributed by atoms with Crippen LogP contribution >= 0.6 is 30.1 Å². The molecular weight excluding hydrogens is 321 g/mol. The van der Waals surface area contributed by atoms with Crippen molar-refractivity contribution in [3.05, 3.63) is 0 Å². The van der Waals surface area contributed by atoms with Crippen molar-refractivity contribution in [2.75, 3.05) is 0 Å². The fraction of sp³-hybridized carbons (Fsp3) is 0. The van der Waals surface area contributed by atoms with Crippen molar-refractivity contribution in [2.45, 2.75) is 0 Å². The Bertz CT molecular complexity index is 190. The average Bonchev–Trinajstić information content (AvgIpc) is 1.45. The first-order chi connectivity index (χ1) is 5.73. The van der Waals surface area contributed by atoms with Gasteiger partial charge < -0.3 is 19.2 Å². The van der Waals surface area contributed by atoms with Crippen molar-refractivity contribution < 1.29 is 36.7 Å². The SMILES string of the molecule is O=S(=O)(O)O.O[Si](O)(O)O.[Cl][Al]([Cl])[Cl]. The Balaban J connectivity index is -0.000000131. The lowest BCUT2D eigenvalue weighted by molar-refractivity contribution is 0.117. The van der Waals surface area contributed by atoms with E-state index in [2.05, 4.69) is 0 Å². The van der Waals surface area contributed by atoms with E-state index in [0.29, 0.717) is 0 Å². The maximum Gasteiger partial charge on any atom is 0.668 e. The third kappa shape index (κ3) is 1150. The Hall–Kier alpha value is 1.33. The van der Waals surface area contributed by atoms with Gasteiger partial charge in [0.25, 0.3) is 0 Å². The molecule has 0 aliphatic rings. The minimum atomic E-state index is -4.67. The molecule has 0 atom stereocenters. The summed E-state index contributed by atoms with van der Waals surface area (Å²) in [7, 11) is 5.56. The second kappa shape index (κ2) is 9.55. The normalized spacial score (nSPS) is 10.4. The summed E-state index contributed by atoms with van der Waals surface area (Å²) in [5, 5.41) is 0. The summed E-state index contributed by atoms with van der Waals surface area (Å²) in [5.74, 6) is 0. The van der Waals surface area contributed by atoms with Crippen molar-refractivity contribution in [1.29, 1.82) is 0 Å². The number of hydrogen-bond acceptors (Lipinski definition) is 6. The fourth-order valence-electron chi connectivity index (χ4n) is 0. The topological polar surface area (TPSA) is 156 Å². The van der Waals surface area contributed by atoms with Gasteiger partial charge >= 0.3 is 30.8 Å². The molecule has 0 aromatic carbocycles. The van der Waals surface area contributed by atoms with Gasteiger partial charge in [-0.25, -0.2) is 30.1 Å². The summed E-state index contributed by atoms with van der Waals surface area (Å²) in [6.45, 7) is 0. The van der Waals surface area contributed by atoms with Gasteiger partial charge in [0, 0.05) is 0 Å². The lowest BCUT2D eigenvalue weighted by Gasteiger charge is -1.91. The maximum absolute atomic E-state index is 8.74. The van der Waals surface area contributed by atoms with Crippen LogP contribution in [0.5, 0.6) is 0 Å². The number of rotatable bonds is 0. The molecule has 0 aromatic heterocycles. The van der Waals surface area contributed by atoms with Crippen molar-refractivity contribution >= 4 is 61.0 Å². The van der Waals surface area contributed by atoms with Gasteiger partial charge in [0.05, 0.1) is 0 Å². The van der Waals surface area contributed by atoms with E-state index in [-0.39, 0.29) is 0 Å². The molecule has 0 heterocycles. The highest BCUT2D eigenvalue weighted by molar-refractivity contribution is 7.79. The van der Waals surface area contributed by atoms with Crippen molar-refractivity contribution in [1.82, 2.24) is 0 Å². The lowest BCUT2D eigenvalue weighted by atomic mass is 15.7. The minimum absolute atomic E-state index is 1.72. The van der Waals surface area contributed by atoms with Gasteiger partial charge in [-0.2, -0.15) is 8.42 Å². The highest BCUT2D eigenvalue weighted by Gasteiger charge is 2.22. The minimum Gasteiger partial charge on any atom is -0.368 e. The van der Waals surface area contributed by atoms with Crippen LogP contribution in [0.2, 0.25) is 0 Å². The van der Waals surface area contributed by atoms with Gasteiger partial charge in [-0.05, 0) is 0 Å². The van der Waals surface area contributed by atoms with Gasteiger partial charge in [0.1, 0.15) is 0 Å². The van der Waals surface area contributed by atoms with Gasteiger partial charge in [-0.3, -0.25) is 9.11 Å². The molecule has 0 rings (SSSR count). The number of hydrogen-bond donors (Lipinski definition) is 6. The predicted octanol–water partition coefficient (Wildman–Crippen LogP) is -1.57. The summed E-state index contributed by atoms with van der Waals surface area (Å²) >= 11 is -1.72. The molecule has 0 bridgehead atoms. The lowest BCUT2D eigenvalue weighted by Crippen LogP contribution is -2.33. The molecule has 0 saturated heterocycles. The van der Waals surface area contributed by atoms with Crippen LogP contribution in [0.1, 0.15) is 0 Å². The molecule has 0 radical (unpaired) electrons. The van der Waals surface area contributed by atoms with Crippen LogP contribution in [0.4, 0.5) is 0 Å². The van der Waals surface area contributed by atoms with E-state index < -0.39 is 30.8 Å². The molecular formula is H6AlCl3O8SSi. The molecule has 0 saturated carbocycles. The van der Waals surface area contributed by atoms with Crippen molar-refractivity contribution in [3.63, 3.8) is 0 Å².